The second kappa shape index (κ2) is 8.45. The van der Waals surface area contributed by atoms with Gasteiger partial charge in [0.15, 0.2) is 0 Å². The van der Waals surface area contributed by atoms with Crippen molar-refractivity contribution in [3.63, 3.8) is 0 Å². The van der Waals surface area contributed by atoms with Crippen LogP contribution in [-0.2, 0) is 16.0 Å². The molecule has 1 aliphatic rings. The Morgan fingerprint density at radius 2 is 1.79 bits per heavy atom. The number of halogens is 3. The topological polar surface area (TPSA) is 38.8 Å². The zero-order chi connectivity index (χ0) is 21.1. The molecule has 4 nitrogen and oxygen atoms in total. The highest BCUT2D eigenvalue weighted by molar-refractivity contribution is 5.77. The Morgan fingerprint density at radius 1 is 1.14 bits per heavy atom. The van der Waals surface area contributed by atoms with Crippen molar-refractivity contribution in [3.05, 3.63) is 65.7 Å². The summed E-state index contributed by atoms with van der Waals surface area (Å²) in [5.74, 6) is -0.276. The SMILES string of the molecule is CC1(C)COC(c2ccccc2)CN1C(=O)CCc1ccc(OC(F)(F)F)cc1. The summed E-state index contributed by atoms with van der Waals surface area (Å²) in [5, 5.41) is 0. The van der Waals surface area contributed by atoms with Crippen LogP contribution in [0.3, 0.4) is 0 Å². The molecule has 0 aromatic heterocycles. The van der Waals surface area contributed by atoms with Crippen LogP contribution in [0.2, 0.25) is 0 Å². The van der Waals surface area contributed by atoms with Gasteiger partial charge in [0.05, 0.1) is 18.7 Å². The lowest BCUT2D eigenvalue weighted by Gasteiger charge is -2.45. The minimum atomic E-state index is -4.71. The Hall–Kier alpha value is -2.54. The molecule has 2 aromatic carbocycles. The highest BCUT2D eigenvalue weighted by Crippen LogP contribution is 2.31. The van der Waals surface area contributed by atoms with Crippen molar-refractivity contribution in [1.29, 1.82) is 0 Å². The van der Waals surface area contributed by atoms with Crippen molar-refractivity contribution in [2.75, 3.05) is 13.2 Å². The van der Waals surface area contributed by atoms with E-state index in [9.17, 15) is 18.0 Å². The van der Waals surface area contributed by atoms with Crippen LogP contribution < -0.4 is 4.74 Å². The first-order chi connectivity index (χ1) is 13.6. The van der Waals surface area contributed by atoms with Gasteiger partial charge in [0.25, 0.3) is 0 Å². The molecule has 0 aliphatic carbocycles. The van der Waals surface area contributed by atoms with Crippen LogP contribution >= 0.6 is 0 Å². The number of rotatable bonds is 5. The molecule has 0 saturated carbocycles. The summed E-state index contributed by atoms with van der Waals surface area (Å²) in [7, 11) is 0. The average molecular weight is 407 g/mol. The third kappa shape index (κ3) is 5.73. The molecule has 0 bridgehead atoms. The van der Waals surface area contributed by atoms with Crippen LogP contribution in [0.5, 0.6) is 5.75 Å². The smallest absolute Gasteiger partial charge is 0.406 e. The number of hydrogen-bond acceptors (Lipinski definition) is 3. The molecule has 7 heteroatoms. The van der Waals surface area contributed by atoms with Crippen molar-refractivity contribution in [2.45, 2.75) is 44.7 Å². The average Bonchev–Trinajstić information content (AvgIpc) is 2.66. The first-order valence-electron chi connectivity index (χ1n) is 9.46. The number of amides is 1. The third-order valence-electron chi connectivity index (χ3n) is 4.97. The quantitative estimate of drug-likeness (QED) is 0.708. The van der Waals surface area contributed by atoms with Crippen LogP contribution in [-0.4, -0.2) is 35.9 Å². The van der Waals surface area contributed by atoms with E-state index in [-0.39, 0.29) is 24.2 Å². The summed E-state index contributed by atoms with van der Waals surface area (Å²) in [5.41, 5.74) is 1.38. The summed E-state index contributed by atoms with van der Waals surface area (Å²) >= 11 is 0. The Balaban J connectivity index is 1.61. The normalized spacial score (nSPS) is 19.1. The van der Waals surface area contributed by atoms with Crippen LogP contribution in [0.25, 0.3) is 0 Å². The van der Waals surface area contributed by atoms with Gasteiger partial charge in [0.1, 0.15) is 11.9 Å². The van der Waals surface area contributed by atoms with Gasteiger partial charge in [-0.3, -0.25) is 4.79 Å². The molecule has 1 unspecified atom stereocenters. The van der Waals surface area contributed by atoms with E-state index in [2.05, 4.69) is 4.74 Å². The summed E-state index contributed by atoms with van der Waals surface area (Å²) < 4.78 is 46.6. The predicted octanol–water partition coefficient (Wildman–Crippen LogP) is 4.90. The number of nitrogens with zero attached hydrogens (tertiary/aromatic N) is 1. The molecule has 1 amide bonds. The van der Waals surface area contributed by atoms with E-state index in [4.69, 9.17) is 4.74 Å². The number of hydrogen-bond donors (Lipinski definition) is 0. The summed E-state index contributed by atoms with van der Waals surface area (Å²) in [6, 6.07) is 15.4. The molecule has 1 heterocycles. The number of benzene rings is 2. The maximum Gasteiger partial charge on any atom is 0.573 e. The fourth-order valence-electron chi connectivity index (χ4n) is 3.40. The largest absolute Gasteiger partial charge is 0.573 e. The van der Waals surface area contributed by atoms with Crippen molar-refractivity contribution in [3.8, 4) is 5.75 Å². The molecule has 1 atom stereocenters. The summed E-state index contributed by atoms with van der Waals surface area (Å²) in [4.78, 5) is 14.8. The number of alkyl halides is 3. The van der Waals surface area contributed by atoms with Gasteiger partial charge in [-0.2, -0.15) is 0 Å². The molecule has 2 aromatic rings. The lowest BCUT2D eigenvalue weighted by molar-refractivity contribution is -0.274. The number of aryl methyl sites for hydroxylation is 1. The van der Waals surface area contributed by atoms with Gasteiger partial charge in [-0.05, 0) is 43.5 Å². The van der Waals surface area contributed by atoms with E-state index in [0.29, 0.717) is 19.6 Å². The zero-order valence-corrected chi connectivity index (χ0v) is 16.4. The number of carbonyl (C=O) groups excluding carboxylic acids is 1. The number of morpholine rings is 1. The fourth-order valence-corrected chi connectivity index (χ4v) is 3.40. The predicted molar refractivity (Wildman–Crippen MR) is 102 cm³/mol. The Labute approximate surface area is 168 Å². The molecular weight excluding hydrogens is 383 g/mol. The first kappa shape index (κ1) is 21.2. The summed E-state index contributed by atoms with van der Waals surface area (Å²) in [6.45, 7) is 4.83. The van der Waals surface area contributed by atoms with Gasteiger partial charge in [-0.1, -0.05) is 42.5 Å². The van der Waals surface area contributed by atoms with Crippen molar-refractivity contribution >= 4 is 5.91 Å². The molecule has 29 heavy (non-hydrogen) atoms. The zero-order valence-electron chi connectivity index (χ0n) is 16.4. The Morgan fingerprint density at radius 3 is 2.41 bits per heavy atom. The third-order valence-corrected chi connectivity index (χ3v) is 4.97. The van der Waals surface area contributed by atoms with Gasteiger partial charge < -0.3 is 14.4 Å². The van der Waals surface area contributed by atoms with Crippen molar-refractivity contribution < 1.29 is 27.4 Å². The van der Waals surface area contributed by atoms with E-state index in [1.807, 2.05) is 49.1 Å². The molecule has 1 aliphatic heterocycles. The maximum atomic E-state index is 12.9. The van der Waals surface area contributed by atoms with E-state index < -0.39 is 11.9 Å². The molecule has 0 N–H and O–H groups in total. The summed E-state index contributed by atoms with van der Waals surface area (Å²) in [6.07, 6.45) is -4.18. The van der Waals surface area contributed by atoms with Gasteiger partial charge in [0.2, 0.25) is 5.91 Å². The van der Waals surface area contributed by atoms with Gasteiger partial charge in [-0.15, -0.1) is 13.2 Å². The van der Waals surface area contributed by atoms with E-state index in [0.717, 1.165) is 11.1 Å². The van der Waals surface area contributed by atoms with Gasteiger partial charge >= 0.3 is 6.36 Å². The minimum absolute atomic E-state index is 0.00477. The van der Waals surface area contributed by atoms with Crippen LogP contribution in [0.15, 0.2) is 54.6 Å². The second-order valence-corrected chi connectivity index (χ2v) is 7.72. The number of ether oxygens (including phenoxy) is 2. The maximum absolute atomic E-state index is 12.9. The lowest BCUT2D eigenvalue weighted by atomic mass is 9.97. The lowest BCUT2D eigenvalue weighted by Crippen LogP contribution is -2.56. The van der Waals surface area contributed by atoms with Gasteiger partial charge in [0, 0.05) is 6.42 Å². The van der Waals surface area contributed by atoms with Crippen LogP contribution in [0.4, 0.5) is 13.2 Å². The monoisotopic (exact) mass is 407 g/mol. The molecule has 156 valence electrons. The van der Waals surface area contributed by atoms with Crippen molar-refractivity contribution in [1.82, 2.24) is 4.90 Å². The standard InChI is InChI=1S/C22H24F3NO3/c1-21(2)15-28-19(17-6-4-3-5-7-17)14-26(21)20(27)13-10-16-8-11-18(12-9-16)29-22(23,24)25/h3-9,11-12,19H,10,13-15H2,1-2H3. The second-order valence-electron chi connectivity index (χ2n) is 7.72. The molecule has 0 spiro atoms. The first-order valence-corrected chi connectivity index (χ1v) is 9.46. The molecule has 1 fully saturated rings. The molecule has 1 saturated heterocycles. The highest BCUT2D eigenvalue weighted by atomic mass is 19.4. The van der Waals surface area contributed by atoms with E-state index in [1.165, 1.54) is 12.1 Å². The van der Waals surface area contributed by atoms with Gasteiger partial charge in [-0.25, -0.2) is 0 Å². The number of carbonyl (C=O) groups is 1. The van der Waals surface area contributed by atoms with Crippen LogP contribution in [0, 0.1) is 0 Å². The van der Waals surface area contributed by atoms with E-state index in [1.54, 1.807) is 12.1 Å². The Bertz CT molecular complexity index is 819. The minimum Gasteiger partial charge on any atom is -0.406 e. The molecule has 3 rings (SSSR count). The molecular formula is C22H24F3NO3. The van der Waals surface area contributed by atoms with Crippen LogP contribution in [0.1, 0.15) is 37.5 Å². The Kier molecular flexibility index (Phi) is 6.17. The van der Waals surface area contributed by atoms with Crippen molar-refractivity contribution in [2.24, 2.45) is 0 Å². The molecule has 0 radical (unpaired) electrons. The fraction of sp³-hybridized carbons (Fsp3) is 0.409. The van der Waals surface area contributed by atoms with E-state index >= 15 is 0 Å². The highest BCUT2D eigenvalue weighted by Gasteiger charge is 2.38.